The number of hydrogen-bond acceptors (Lipinski definition) is 8. The summed E-state index contributed by atoms with van der Waals surface area (Å²) in [6.45, 7) is -4.41. The summed E-state index contributed by atoms with van der Waals surface area (Å²) in [7, 11) is 3.50. The van der Waals surface area contributed by atoms with E-state index in [2.05, 4.69) is 15.0 Å². The summed E-state index contributed by atoms with van der Waals surface area (Å²) in [6.07, 6.45) is -7.89. The number of pyridine rings is 1. The molecule has 0 aliphatic rings. The van der Waals surface area contributed by atoms with Crippen LogP contribution in [0.25, 0.3) is 17.1 Å². The predicted octanol–water partition coefficient (Wildman–Crippen LogP) is 4.69. The van der Waals surface area contributed by atoms with E-state index in [1.165, 1.54) is 14.2 Å². The van der Waals surface area contributed by atoms with Gasteiger partial charge in [0, 0.05) is 36.9 Å². The highest BCUT2D eigenvalue weighted by molar-refractivity contribution is 6.06. The van der Waals surface area contributed by atoms with Crippen molar-refractivity contribution in [1.29, 1.82) is 0 Å². The first kappa shape index (κ1) is 33.6. The number of rotatable bonds is 11. The molecule has 0 fully saturated rings. The average molecular weight is 660 g/mol. The van der Waals surface area contributed by atoms with Crippen molar-refractivity contribution < 1.29 is 59.6 Å². The summed E-state index contributed by atoms with van der Waals surface area (Å²) in [4.78, 5) is 31.0. The second-order valence-corrected chi connectivity index (χ2v) is 9.26. The fourth-order valence-corrected chi connectivity index (χ4v) is 4.16. The molecule has 246 valence electrons. The number of anilines is 1. The Morgan fingerprint density at radius 1 is 0.978 bits per heavy atom. The van der Waals surface area contributed by atoms with Crippen LogP contribution < -0.4 is 29.8 Å². The molecular formula is C28H23F7N4O7. The van der Waals surface area contributed by atoms with Crippen LogP contribution in [0.4, 0.5) is 36.4 Å². The van der Waals surface area contributed by atoms with Gasteiger partial charge in [-0.2, -0.15) is 31.6 Å². The van der Waals surface area contributed by atoms with Crippen LogP contribution in [0.15, 0.2) is 53.3 Å². The van der Waals surface area contributed by atoms with Crippen LogP contribution in [0.3, 0.4) is 0 Å². The van der Waals surface area contributed by atoms with Crippen molar-refractivity contribution in [3.63, 3.8) is 0 Å². The molecule has 18 heteroatoms. The number of aromatic nitrogens is 3. The van der Waals surface area contributed by atoms with Gasteiger partial charge in [-0.05, 0) is 24.3 Å². The molecule has 4 rings (SSSR count). The molecule has 2 N–H and O–H groups in total. The van der Waals surface area contributed by atoms with Gasteiger partial charge >= 0.3 is 12.8 Å². The number of aliphatic hydroxyl groups excluding tert-OH is 1. The van der Waals surface area contributed by atoms with Crippen LogP contribution in [0.2, 0.25) is 0 Å². The number of methoxy groups -OCH3 is 2. The monoisotopic (exact) mass is 660 g/mol. The smallest absolute Gasteiger partial charge is 0.417 e. The number of aliphatic hydroxyl groups is 1. The third kappa shape index (κ3) is 7.17. The van der Waals surface area contributed by atoms with Gasteiger partial charge in [-0.3, -0.25) is 14.3 Å². The highest BCUT2D eigenvalue weighted by Crippen LogP contribution is 2.35. The molecule has 0 aliphatic carbocycles. The molecule has 0 saturated heterocycles. The zero-order valence-electron chi connectivity index (χ0n) is 23.9. The number of benzene rings is 2. The van der Waals surface area contributed by atoms with Crippen molar-refractivity contribution in [2.24, 2.45) is 7.05 Å². The molecule has 2 aromatic carbocycles. The van der Waals surface area contributed by atoms with Crippen molar-refractivity contribution in [3.8, 4) is 40.2 Å². The molecule has 0 saturated carbocycles. The summed E-state index contributed by atoms with van der Waals surface area (Å²) in [6, 6.07) is 8.08. The van der Waals surface area contributed by atoms with Gasteiger partial charge in [0.25, 0.3) is 11.5 Å². The summed E-state index contributed by atoms with van der Waals surface area (Å²) in [5.74, 6) is -4.93. The number of carbonyl (C=O) groups excluding carboxylic acids is 1. The zero-order valence-corrected chi connectivity index (χ0v) is 23.9. The van der Waals surface area contributed by atoms with E-state index in [-0.39, 0.29) is 22.8 Å². The molecule has 2 aromatic heterocycles. The van der Waals surface area contributed by atoms with Gasteiger partial charge in [0.2, 0.25) is 5.88 Å². The maximum Gasteiger partial charge on any atom is 0.417 e. The highest BCUT2D eigenvalue weighted by Gasteiger charge is 2.39. The Kier molecular flexibility index (Phi) is 9.79. The fraction of sp³-hybridized carbons (Fsp3) is 0.250. The van der Waals surface area contributed by atoms with Gasteiger partial charge in [0.15, 0.2) is 11.9 Å². The summed E-state index contributed by atoms with van der Waals surface area (Å²) in [5.41, 5.74) is -3.28. The van der Waals surface area contributed by atoms with E-state index in [0.29, 0.717) is 4.68 Å². The van der Waals surface area contributed by atoms with Crippen LogP contribution in [-0.4, -0.2) is 65.1 Å². The molecule has 1 atom stereocenters. The minimum Gasteiger partial charge on any atom is -0.497 e. The zero-order chi connectivity index (χ0) is 33.9. The van der Waals surface area contributed by atoms with E-state index < -0.39 is 77.2 Å². The van der Waals surface area contributed by atoms with Crippen molar-refractivity contribution in [1.82, 2.24) is 14.3 Å². The summed E-state index contributed by atoms with van der Waals surface area (Å²) in [5, 5.41) is 11.6. The number of alkyl halides is 5. The van der Waals surface area contributed by atoms with Crippen molar-refractivity contribution in [2.45, 2.75) is 18.9 Å². The Labute approximate surface area is 254 Å². The largest absolute Gasteiger partial charge is 0.497 e. The number of carbonyl (C=O) groups is 1. The van der Waals surface area contributed by atoms with Crippen LogP contribution in [-0.2, 0) is 7.05 Å². The first-order valence-electron chi connectivity index (χ1n) is 12.8. The van der Waals surface area contributed by atoms with Crippen molar-refractivity contribution in [3.05, 3.63) is 76.1 Å². The number of amides is 1. The molecule has 4 aromatic rings. The second-order valence-electron chi connectivity index (χ2n) is 9.26. The number of ether oxygens (including phenoxy) is 4. The minimum atomic E-state index is -5.01. The standard InChI is InChI=1S/C28H23F7N4O7/c1-38-24(22-17(29)8-15(43-2)9-18(22)30)23(37-25(41)13-4-6-14(7-5-13)46-27(31)32)26(42)39(38)20-10-16(44-3)11-21(36-20)45-12-19(40)28(33,34)35/h4-11,19,27,40H,12H2,1-3H3,(H,37,41). The molecule has 1 amide bonds. The Bertz CT molecular complexity index is 1770. The lowest BCUT2D eigenvalue weighted by atomic mass is 10.1. The van der Waals surface area contributed by atoms with Crippen LogP contribution >= 0.6 is 0 Å². The van der Waals surface area contributed by atoms with Gasteiger partial charge in [0.05, 0.1) is 19.8 Å². The number of hydrogen-bond donors (Lipinski definition) is 2. The Morgan fingerprint density at radius 3 is 2.11 bits per heavy atom. The Morgan fingerprint density at radius 2 is 1.57 bits per heavy atom. The van der Waals surface area contributed by atoms with E-state index in [4.69, 9.17) is 14.2 Å². The third-order valence-electron chi connectivity index (χ3n) is 6.32. The fourth-order valence-electron chi connectivity index (χ4n) is 4.16. The van der Waals surface area contributed by atoms with Gasteiger partial charge in [-0.25, -0.2) is 8.78 Å². The average Bonchev–Trinajstić information content (AvgIpc) is 3.23. The van der Waals surface area contributed by atoms with Crippen LogP contribution in [0, 0.1) is 11.6 Å². The number of halogens is 7. The molecule has 0 aliphatic heterocycles. The molecule has 1 unspecified atom stereocenters. The maximum absolute atomic E-state index is 15.3. The molecule has 0 spiro atoms. The first-order valence-corrected chi connectivity index (χ1v) is 12.8. The van der Waals surface area contributed by atoms with Gasteiger partial charge < -0.3 is 29.4 Å². The van der Waals surface area contributed by atoms with Crippen LogP contribution in [0.1, 0.15) is 10.4 Å². The lowest BCUT2D eigenvalue weighted by molar-refractivity contribution is -0.210. The van der Waals surface area contributed by atoms with Crippen molar-refractivity contribution in [2.75, 3.05) is 26.1 Å². The highest BCUT2D eigenvalue weighted by atomic mass is 19.4. The van der Waals surface area contributed by atoms with Crippen molar-refractivity contribution >= 4 is 11.6 Å². The molecule has 2 heterocycles. The van der Waals surface area contributed by atoms with E-state index in [1.54, 1.807) is 0 Å². The van der Waals surface area contributed by atoms with Gasteiger partial charge in [0.1, 0.15) is 46.9 Å². The quantitative estimate of drug-likeness (QED) is 0.222. The Hall–Kier alpha value is -5.26. The van der Waals surface area contributed by atoms with E-state index in [0.717, 1.165) is 60.3 Å². The molecule has 0 radical (unpaired) electrons. The van der Waals surface area contributed by atoms with Gasteiger partial charge in [-0.15, -0.1) is 0 Å². The van der Waals surface area contributed by atoms with Crippen LogP contribution in [0.5, 0.6) is 23.1 Å². The predicted molar refractivity (Wildman–Crippen MR) is 146 cm³/mol. The van der Waals surface area contributed by atoms with Gasteiger partial charge in [-0.1, -0.05) is 0 Å². The SMILES string of the molecule is COc1cc(OCC(O)C(F)(F)F)nc(-n2c(=O)c(NC(=O)c3ccc(OC(F)F)cc3)c(-c3c(F)cc(OC)cc3F)n2C)c1. The Balaban J connectivity index is 1.87. The molecule has 11 nitrogen and oxygen atoms in total. The minimum absolute atomic E-state index is 0.0883. The molecular weight excluding hydrogens is 637 g/mol. The molecule has 0 bridgehead atoms. The maximum atomic E-state index is 15.3. The lowest BCUT2D eigenvalue weighted by Gasteiger charge is -2.16. The summed E-state index contributed by atoms with van der Waals surface area (Å²) >= 11 is 0. The lowest BCUT2D eigenvalue weighted by Crippen LogP contribution is -2.34. The summed E-state index contributed by atoms with van der Waals surface area (Å²) < 4.78 is 115. The normalized spacial score (nSPS) is 12.2. The first-order chi connectivity index (χ1) is 21.6. The van der Waals surface area contributed by atoms with E-state index in [9.17, 15) is 36.6 Å². The van der Waals surface area contributed by atoms with E-state index in [1.807, 2.05) is 0 Å². The third-order valence-corrected chi connectivity index (χ3v) is 6.32. The topological polar surface area (TPSA) is 126 Å². The number of nitrogens with zero attached hydrogens (tertiary/aromatic N) is 3. The van der Waals surface area contributed by atoms with E-state index >= 15 is 8.78 Å². The molecule has 46 heavy (non-hydrogen) atoms. The second kappa shape index (κ2) is 13.4. The number of nitrogens with one attached hydrogen (secondary N) is 1.